The van der Waals surface area contributed by atoms with Crippen molar-refractivity contribution in [2.75, 3.05) is 13.7 Å². The zero-order chi connectivity index (χ0) is 28.4. The van der Waals surface area contributed by atoms with Crippen LogP contribution in [0.2, 0.25) is 0 Å². The lowest BCUT2D eigenvalue weighted by molar-refractivity contribution is -0.138. The molecule has 0 aliphatic carbocycles. The first-order valence-corrected chi connectivity index (χ1v) is 15.1. The first kappa shape index (κ1) is 28.1. The summed E-state index contributed by atoms with van der Waals surface area (Å²) in [6, 6.07) is 46.2. The molecule has 0 radical (unpaired) electrons. The van der Waals surface area contributed by atoms with Crippen LogP contribution in [0, 0.1) is 0 Å². The molecule has 0 amide bonds. The third-order valence-corrected chi connectivity index (χ3v) is 9.36. The van der Waals surface area contributed by atoms with Crippen molar-refractivity contribution < 1.29 is 14.3 Å². The van der Waals surface area contributed by atoms with E-state index in [-0.39, 0.29) is 5.97 Å². The van der Waals surface area contributed by atoms with Crippen LogP contribution in [0.1, 0.15) is 18.1 Å². The van der Waals surface area contributed by atoms with Gasteiger partial charge in [-0.1, -0.05) is 121 Å². The normalized spacial score (nSPS) is 11.3. The lowest BCUT2D eigenvalue weighted by Gasteiger charge is -2.23. The molecule has 0 heterocycles. The van der Waals surface area contributed by atoms with Crippen LogP contribution in [0.5, 0.6) is 5.75 Å². The number of rotatable bonds is 10. The van der Waals surface area contributed by atoms with E-state index in [1.807, 2.05) is 43.3 Å². The Bertz CT molecular complexity index is 1570. The summed E-state index contributed by atoms with van der Waals surface area (Å²) >= 11 is 0. The molecule has 0 aromatic heterocycles. The third kappa shape index (κ3) is 6.82. The van der Waals surface area contributed by atoms with Gasteiger partial charge in [0.25, 0.3) is 0 Å². The molecule has 4 heteroatoms. The molecule has 0 N–H and O–H groups in total. The molecule has 3 nitrogen and oxygen atoms in total. The molecule has 0 saturated heterocycles. The third-order valence-electron chi connectivity index (χ3n) is 6.86. The highest BCUT2D eigenvalue weighted by atomic mass is 31.1. The summed E-state index contributed by atoms with van der Waals surface area (Å²) < 4.78 is 10.8. The van der Waals surface area contributed by atoms with E-state index in [9.17, 15) is 4.79 Å². The summed E-state index contributed by atoms with van der Waals surface area (Å²) in [7, 11) is 0.840. The van der Waals surface area contributed by atoms with Gasteiger partial charge in [0.15, 0.2) is 0 Å². The van der Waals surface area contributed by atoms with Gasteiger partial charge in [0.1, 0.15) is 5.75 Å². The molecule has 0 unspecified atom stereocenters. The Kier molecular flexibility index (Phi) is 9.41. The van der Waals surface area contributed by atoms with Gasteiger partial charge < -0.3 is 9.47 Å². The van der Waals surface area contributed by atoms with Crippen LogP contribution in [-0.4, -0.2) is 19.7 Å². The molecule has 0 spiro atoms. The molecule has 5 rings (SSSR count). The number of carbonyl (C=O) groups excluding carboxylic acids is 1. The Balaban J connectivity index is 1.60. The molecule has 0 bridgehead atoms. The van der Waals surface area contributed by atoms with Crippen molar-refractivity contribution in [2.24, 2.45) is 0 Å². The first-order chi connectivity index (χ1) is 20.2. The highest BCUT2D eigenvalue weighted by Gasteiger charge is 2.22. The number of methoxy groups -OCH3 is 1. The molecular formula is C37H33O3P. The molecule has 0 saturated carbocycles. The maximum Gasteiger partial charge on any atom is 0.334 e. The Morgan fingerprint density at radius 1 is 0.683 bits per heavy atom. The zero-order valence-corrected chi connectivity index (χ0v) is 24.3. The van der Waals surface area contributed by atoms with E-state index in [0.717, 1.165) is 22.4 Å². The SMILES string of the molecule is CCOC(=O)/C(=C/c1ccc(OC)cc1)Cc1ccccc1-c1ccccc1P(c1ccccc1)c1ccccc1. The van der Waals surface area contributed by atoms with E-state index in [2.05, 4.69) is 103 Å². The monoisotopic (exact) mass is 556 g/mol. The summed E-state index contributed by atoms with van der Waals surface area (Å²) in [5.41, 5.74) is 4.89. The van der Waals surface area contributed by atoms with E-state index >= 15 is 0 Å². The second-order valence-corrected chi connectivity index (χ2v) is 11.7. The standard InChI is InChI=1S/C37H33O3P/c1-3-40-37(38)30(26-28-22-24-31(39-2)25-23-28)27-29-14-10-11-19-34(29)35-20-12-13-21-36(35)41(32-15-6-4-7-16-32)33-17-8-5-9-18-33/h4-26H,3,27H2,1-2H3/b30-26+. The average Bonchev–Trinajstić information content (AvgIpc) is 3.03. The number of carbonyl (C=O) groups is 1. The van der Waals surface area contributed by atoms with E-state index in [1.165, 1.54) is 21.5 Å². The summed E-state index contributed by atoms with van der Waals surface area (Å²) in [5.74, 6) is 0.470. The van der Waals surface area contributed by atoms with Gasteiger partial charge in [-0.15, -0.1) is 0 Å². The van der Waals surface area contributed by atoms with Crippen molar-refractivity contribution in [3.63, 3.8) is 0 Å². The smallest absolute Gasteiger partial charge is 0.334 e. The minimum absolute atomic E-state index is 0.303. The van der Waals surface area contributed by atoms with Gasteiger partial charge >= 0.3 is 5.97 Å². The lowest BCUT2D eigenvalue weighted by atomic mass is 9.94. The fraction of sp³-hybridized carbons (Fsp3) is 0.108. The second kappa shape index (κ2) is 13.7. The molecule has 5 aromatic carbocycles. The Morgan fingerprint density at radius 2 is 1.24 bits per heavy atom. The summed E-state index contributed by atoms with van der Waals surface area (Å²) in [5, 5.41) is 3.87. The van der Waals surface area contributed by atoms with Crippen LogP contribution >= 0.6 is 7.92 Å². The van der Waals surface area contributed by atoms with Gasteiger partial charge in [-0.2, -0.15) is 0 Å². The Hall–Kier alpha value is -4.46. The topological polar surface area (TPSA) is 35.5 Å². The molecular weight excluding hydrogens is 523 g/mol. The molecule has 0 atom stereocenters. The fourth-order valence-corrected chi connectivity index (χ4v) is 7.39. The van der Waals surface area contributed by atoms with E-state index < -0.39 is 7.92 Å². The van der Waals surface area contributed by atoms with E-state index in [1.54, 1.807) is 7.11 Å². The average molecular weight is 557 g/mol. The predicted octanol–water partition coefficient (Wildman–Crippen LogP) is 7.31. The van der Waals surface area contributed by atoms with Crippen LogP contribution in [0.4, 0.5) is 0 Å². The number of esters is 1. The molecule has 204 valence electrons. The summed E-state index contributed by atoms with van der Waals surface area (Å²) in [6.45, 7) is 2.16. The van der Waals surface area contributed by atoms with Gasteiger partial charge in [0.05, 0.1) is 13.7 Å². The van der Waals surface area contributed by atoms with Gasteiger partial charge in [-0.05, 0) is 71.2 Å². The first-order valence-electron chi connectivity index (χ1n) is 13.8. The zero-order valence-electron chi connectivity index (χ0n) is 23.4. The van der Waals surface area contributed by atoms with Crippen molar-refractivity contribution >= 4 is 35.9 Å². The lowest BCUT2D eigenvalue weighted by Crippen LogP contribution is -2.22. The molecule has 0 aliphatic heterocycles. The minimum Gasteiger partial charge on any atom is -0.497 e. The molecule has 5 aromatic rings. The van der Waals surface area contributed by atoms with Crippen molar-refractivity contribution in [1.29, 1.82) is 0 Å². The van der Waals surface area contributed by atoms with Crippen molar-refractivity contribution in [1.82, 2.24) is 0 Å². The summed E-state index contributed by atoms with van der Waals surface area (Å²) in [6.07, 6.45) is 2.37. The summed E-state index contributed by atoms with van der Waals surface area (Å²) in [4.78, 5) is 13.2. The van der Waals surface area contributed by atoms with Crippen LogP contribution in [0.3, 0.4) is 0 Å². The molecule has 0 aliphatic rings. The highest BCUT2D eigenvalue weighted by molar-refractivity contribution is 7.80. The van der Waals surface area contributed by atoms with Gasteiger partial charge in [-0.3, -0.25) is 0 Å². The largest absolute Gasteiger partial charge is 0.497 e. The van der Waals surface area contributed by atoms with Crippen molar-refractivity contribution in [3.8, 4) is 16.9 Å². The van der Waals surface area contributed by atoms with Crippen LogP contribution < -0.4 is 20.7 Å². The van der Waals surface area contributed by atoms with Crippen LogP contribution in [-0.2, 0) is 16.0 Å². The fourth-order valence-electron chi connectivity index (χ4n) is 4.93. The highest BCUT2D eigenvalue weighted by Crippen LogP contribution is 2.38. The predicted molar refractivity (Wildman–Crippen MR) is 172 cm³/mol. The maximum absolute atomic E-state index is 13.2. The maximum atomic E-state index is 13.2. The molecule has 41 heavy (non-hydrogen) atoms. The number of ether oxygens (including phenoxy) is 2. The Labute approximate surface area is 243 Å². The van der Waals surface area contributed by atoms with Gasteiger partial charge in [-0.25, -0.2) is 4.79 Å². The Morgan fingerprint density at radius 3 is 1.85 bits per heavy atom. The minimum atomic E-state index is -0.804. The number of benzene rings is 5. The molecule has 0 fully saturated rings. The van der Waals surface area contributed by atoms with Gasteiger partial charge in [0.2, 0.25) is 0 Å². The van der Waals surface area contributed by atoms with Crippen LogP contribution in [0.15, 0.2) is 139 Å². The van der Waals surface area contributed by atoms with Crippen molar-refractivity contribution in [2.45, 2.75) is 13.3 Å². The number of hydrogen-bond donors (Lipinski definition) is 0. The van der Waals surface area contributed by atoms with E-state index in [0.29, 0.717) is 18.6 Å². The second-order valence-electron chi connectivity index (χ2n) is 9.52. The van der Waals surface area contributed by atoms with Crippen molar-refractivity contribution in [3.05, 3.63) is 150 Å². The van der Waals surface area contributed by atoms with E-state index in [4.69, 9.17) is 9.47 Å². The van der Waals surface area contributed by atoms with Gasteiger partial charge in [0, 0.05) is 12.0 Å². The van der Waals surface area contributed by atoms with Crippen LogP contribution in [0.25, 0.3) is 17.2 Å². The quantitative estimate of drug-likeness (QED) is 0.103. The number of hydrogen-bond acceptors (Lipinski definition) is 3.